The molecule has 1 aliphatic heterocycles. The van der Waals surface area contributed by atoms with Gasteiger partial charge in [0.15, 0.2) is 0 Å². The Bertz CT molecular complexity index is 557. The van der Waals surface area contributed by atoms with Crippen LogP contribution in [0.1, 0.15) is 18.9 Å². The molecule has 1 aliphatic rings. The second-order valence-electron chi connectivity index (χ2n) is 4.91. The molecule has 106 valence electrons. The summed E-state index contributed by atoms with van der Waals surface area (Å²) in [7, 11) is -3.49. The third-order valence-electron chi connectivity index (χ3n) is 3.64. The molecule has 1 fully saturated rings. The van der Waals surface area contributed by atoms with E-state index in [1.165, 1.54) is 10.4 Å². The number of aliphatic hydroxyl groups is 1. The van der Waals surface area contributed by atoms with E-state index in [1.807, 2.05) is 6.92 Å². The summed E-state index contributed by atoms with van der Waals surface area (Å²) in [6.07, 6.45) is 1.49. The van der Waals surface area contributed by atoms with Crippen molar-refractivity contribution in [2.75, 3.05) is 25.4 Å². The number of nitrogens with two attached hydrogens (primary N) is 1. The van der Waals surface area contributed by atoms with Gasteiger partial charge in [0, 0.05) is 25.4 Å². The first-order valence-corrected chi connectivity index (χ1v) is 7.92. The number of nitrogens with zero attached hydrogens (tertiary/aromatic N) is 1. The number of aliphatic hydroxyl groups excluding tert-OH is 1. The van der Waals surface area contributed by atoms with Crippen LogP contribution in [-0.2, 0) is 16.4 Å². The summed E-state index contributed by atoms with van der Waals surface area (Å²) < 4.78 is 26.3. The Morgan fingerprint density at radius 1 is 1.47 bits per heavy atom. The van der Waals surface area contributed by atoms with Crippen LogP contribution in [0.4, 0.5) is 5.69 Å². The predicted octanol–water partition coefficient (Wildman–Crippen LogP) is 0.834. The summed E-state index contributed by atoms with van der Waals surface area (Å²) in [6, 6.07) is 4.90. The first-order valence-electron chi connectivity index (χ1n) is 6.48. The van der Waals surface area contributed by atoms with Crippen LogP contribution in [0.15, 0.2) is 23.1 Å². The van der Waals surface area contributed by atoms with Gasteiger partial charge in [-0.15, -0.1) is 0 Å². The van der Waals surface area contributed by atoms with Crippen LogP contribution >= 0.6 is 0 Å². The molecule has 0 aliphatic carbocycles. The lowest BCUT2D eigenvalue weighted by Crippen LogP contribution is -2.29. The SMILES string of the molecule is CCc1ccc(S(=O)(=O)N2CCC(CO)C2)cc1N. The summed E-state index contributed by atoms with van der Waals surface area (Å²) in [5.74, 6) is 0.0436. The number of rotatable bonds is 4. The van der Waals surface area contributed by atoms with Crippen LogP contribution < -0.4 is 5.73 Å². The first-order chi connectivity index (χ1) is 8.98. The highest BCUT2D eigenvalue weighted by molar-refractivity contribution is 7.89. The summed E-state index contributed by atoms with van der Waals surface area (Å²) in [5.41, 5.74) is 7.33. The lowest BCUT2D eigenvalue weighted by Gasteiger charge is -2.17. The molecule has 0 amide bonds. The van der Waals surface area contributed by atoms with E-state index in [1.54, 1.807) is 12.1 Å². The highest BCUT2D eigenvalue weighted by Gasteiger charge is 2.32. The van der Waals surface area contributed by atoms with Crippen molar-refractivity contribution in [2.24, 2.45) is 5.92 Å². The van der Waals surface area contributed by atoms with Crippen LogP contribution in [0.5, 0.6) is 0 Å². The maximum atomic E-state index is 12.4. The van der Waals surface area contributed by atoms with Gasteiger partial charge in [0.25, 0.3) is 0 Å². The summed E-state index contributed by atoms with van der Waals surface area (Å²) in [6.45, 7) is 2.85. The molecule has 1 heterocycles. The van der Waals surface area contributed by atoms with E-state index in [9.17, 15) is 8.42 Å². The lowest BCUT2D eigenvalue weighted by molar-refractivity contribution is 0.233. The number of anilines is 1. The molecule has 1 saturated heterocycles. The maximum Gasteiger partial charge on any atom is 0.243 e. The van der Waals surface area contributed by atoms with Crippen LogP contribution in [0.2, 0.25) is 0 Å². The maximum absolute atomic E-state index is 12.4. The van der Waals surface area contributed by atoms with Crippen molar-refractivity contribution in [3.8, 4) is 0 Å². The standard InChI is InChI=1S/C13H20N2O3S/c1-2-11-3-4-12(7-13(11)14)19(17,18)15-6-5-10(8-15)9-16/h3-4,7,10,16H,2,5-6,8-9,14H2,1H3. The van der Waals surface area contributed by atoms with Gasteiger partial charge in [0.2, 0.25) is 10.0 Å². The molecule has 19 heavy (non-hydrogen) atoms. The molecule has 0 bridgehead atoms. The zero-order valence-corrected chi connectivity index (χ0v) is 11.9. The van der Waals surface area contributed by atoms with E-state index in [0.717, 1.165) is 12.0 Å². The Kier molecular flexibility index (Phi) is 4.13. The predicted molar refractivity (Wildman–Crippen MR) is 74.2 cm³/mol. The molecule has 0 aromatic heterocycles. The Morgan fingerprint density at radius 3 is 2.74 bits per heavy atom. The zero-order chi connectivity index (χ0) is 14.0. The number of hydrogen-bond acceptors (Lipinski definition) is 4. The second-order valence-corrected chi connectivity index (χ2v) is 6.85. The van der Waals surface area contributed by atoms with Crippen LogP contribution in [-0.4, -0.2) is 37.5 Å². The highest BCUT2D eigenvalue weighted by atomic mass is 32.2. The normalized spacial score (nSPS) is 20.8. The lowest BCUT2D eigenvalue weighted by atomic mass is 10.1. The molecule has 1 unspecified atom stereocenters. The summed E-state index contributed by atoms with van der Waals surface area (Å²) in [5, 5.41) is 9.09. The average molecular weight is 284 g/mol. The molecule has 5 nitrogen and oxygen atoms in total. The van der Waals surface area contributed by atoms with Crippen molar-refractivity contribution < 1.29 is 13.5 Å². The minimum absolute atomic E-state index is 0.0307. The van der Waals surface area contributed by atoms with Crippen molar-refractivity contribution in [3.63, 3.8) is 0 Å². The quantitative estimate of drug-likeness (QED) is 0.802. The molecular formula is C13H20N2O3S. The van der Waals surface area contributed by atoms with Gasteiger partial charge >= 0.3 is 0 Å². The third kappa shape index (κ3) is 2.75. The van der Waals surface area contributed by atoms with E-state index in [4.69, 9.17) is 10.8 Å². The fourth-order valence-corrected chi connectivity index (χ4v) is 3.94. The van der Waals surface area contributed by atoms with Gasteiger partial charge in [-0.1, -0.05) is 13.0 Å². The van der Waals surface area contributed by atoms with Crippen molar-refractivity contribution in [1.82, 2.24) is 4.31 Å². The van der Waals surface area contributed by atoms with E-state index in [-0.39, 0.29) is 17.4 Å². The topological polar surface area (TPSA) is 83.6 Å². The Morgan fingerprint density at radius 2 is 2.21 bits per heavy atom. The van der Waals surface area contributed by atoms with Gasteiger partial charge in [-0.3, -0.25) is 0 Å². The number of nitrogen functional groups attached to an aromatic ring is 1. The minimum atomic E-state index is -3.49. The second kappa shape index (κ2) is 5.48. The first kappa shape index (κ1) is 14.3. The van der Waals surface area contributed by atoms with Gasteiger partial charge in [0.05, 0.1) is 4.90 Å². The largest absolute Gasteiger partial charge is 0.398 e. The molecule has 1 aromatic carbocycles. The fraction of sp³-hybridized carbons (Fsp3) is 0.538. The minimum Gasteiger partial charge on any atom is -0.398 e. The molecule has 3 N–H and O–H groups in total. The Hall–Kier alpha value is -1.11. The van der Waals surface area contributed by atoms with Crippen molar-refractivity contribution >= 4 is 15.7 Å². The van der Waals surface area contributed by atoms with Crippen molar-refractivity contribution in [2.45, 2.75) is 24.7 Å². The average Bonchev–Trinajstić information content (AvgIpc) is 2.88. The molecule has 2 rings (SSSR count). The van der Waals surface area contributed by atoms with Gasteiger partial charge in [0.1, 0.15) is 0 Å². The van der Waals surface area contributed by atoms with Crippen molar-refractivity contribution in [1.29, 1.82) is 0 Å². The van der Waals surface area contributed by atoms with E-state index in [2.05, 4.69) is 0 Å². The van der Waals surface area contributed by atoms with Gasteiger partial charge in [-0.05, 0) is 36.5 Å². The molecule has 6 heteroatoms. The Balaban J connectivity index is 2.27. The third-order valence-corrected chi connectivity index (χ3v) is 5.50. The zero-order valence-electron chi connectivity index (χ0n) is 11.0. The van der Waals surface area contributed by atoms with E-state index >= 15 is 0 Å². The highest BCUT2D eigenvalue weighted by Crippen LogP contribution is 2.26. The van der Waals surface area contributed by atoms with E-state index < -0.39 is 10.0 Å². The molecule has 0 spiro atoms. The van der Waals surface area contributed by atoms with Crippen LogP contribution in [0.25, 0.3) is 0 Å². The van der Waals surface area contributed by atoms with Crippen LogP contribution in [0, 0.1) is 5.92 Å². The number of hydrogen-bond donors (Lipinski definition) is 2. The van der Waals surface area contributed by atoms with Gasteiger partial charge in [-0.25, -0.2) is 8.42 Å². The number of aryl methyl sites for hydroxylation is 1. The van der Waals surface area contributed by atoms with Gasteiger partial charge < -0.3 is 10.8 Å². The molecule has 1 aromatic rings. The smallest absolute Gasteiger partial charge is 0.243 e. The molecule has 0 radical (unpaired) electrons. The Labute approximate surface area is 114 Å². The number of sulfonamides is 1. The van der Waals surface area contributed by atoms with Crippen LogP contribution in [0.3, 0.4) is 0 Å². The fourth-order valence-electron chi connectivity index (χ4n) is 2.37. The van der Waals surface area contributed by atoms with Crippen molar-refractivity contribution in [3.05, 3.63) is 23.8 Å². The molecule has 1 atom stereocenters. The monoisotopic (exact) mass is 284 g/mol. The molecular weight excluding hydrogens is 264 g/mol. The van der Waals surface area contributed by atoms with Gasteiger partial charge in [-0.2, -0.15) is 4.31 Å². The summed E-state index contributed by atoms with van der Waals surface area (Å²) in [4.78, 5) is 0.237. The molecule has 0 saturated carbocycles. The summed E-state index contributed by atoms with van der Waals surface area (Å²) >= 11 is 0. The number of benzene rings is 1. The van der Waals surface area contributed by atoms with E-state index in [0.29, 0.717) is 25.2 Å².